The van der Waals surface area contributed by atoms with Gasteiger partial charge < -0.3 is 4.42 Å². The van der Waals surface area contributed by atoms with Gasteiger partial charge in [-0.05, 0) is 26.1 Å². The van der Waals surface area contributed by atoms with Crippen molar-refractivity contribution in [3.05, 3.63) is 23.7 Å². The Labute approximate surface area is 72.2 Å². The molecule has 12 heavy (non-hydrogen) atoms. The van der Waals surface area contributed by atoms with Gasteiger partial charge in [-0.15, -0.1) is 0 Å². The summed E-state index contributed by atoms with van der Waals surface area (Å²) in [6, 6.07) is 5.94. The van der Waals surface area contributed by atoms with E-state index in [-0.39, 0.29) is 0 Å². The molecule has 0 bridgehead atoms. The summed E-state index contributed by atoms with van der Waals surface area (Å²) in [4.78, 5) is 1.90. The predicted molar refractivity (Wildman–Crippen MR) is 45.4 cm³/mol. The average Bonchev–Trinajstić information content (AvgIpc) is 2.36. The minimum absolute atomic E-state index is 0.430. The van der Waals surface area contributed by atoms with E-state index in [4.69, 9.17) is 9.68 Å². The molecule has 0 aliphatic rings. The number of aryl methyl sites for hydroxylation is 1. The van der Waals surface area contributed by atoms with Crippen LogP contribution in [0, 0.1) is 18.3 Å². The summed E-state index contributed by atoms with van der Waals surface area (Å²) in [5.41, 5.74) is 0. The Morgan fingerprint density at radius 1 is 1.58 bits per heavy atom. The molecule has 0 N–H and O–H groups in total. The highest BCUT2D eigenvalue weighted by Crippen LogP contribution is 2.07. The molecule has 0 unspecified atom stereocenters. The summed E-state index contributed by atoms with van der Waals surface area (Å²) in [6.45, 7) is 3.04. The van der Waals surface area contributed by atoms with E-state index < -0.39 is 0 Å². The van der Waals surface area contributed by atoms with E-state index >= 15 is 0 Å². The minimum Gasteiger partial charge on any atom is -0.465 e. The Morgan fingerprint density at radius 3 is 2.83 bits per heavy atom. The van der Waals surface area contributed by atoms with Crippen molar-refractivity contribution in [1.29, 1.82) is 5.26 Å². The number of furan rings is 1. The third-order valence-electron chi connectivity index (χ3n) is 1.56. The van der Waals surface area contributed by atoms with Crippen molar-refractivity contribution in [3.8, 4) is 6.07 Å². The van der Waals surface area contributed by atoms with Crippen molar-refractivity contribution < 1.29 is 4.42 Å². The predicted octanol–water partition coefficient (Wildman–Crippen LogP) is 1.54. The van der Waals surface area contributed by atoms with Gasteiger partial charge in [0.15, 0.2) is 0 Å². The summed E-state index contributed by atoms with van der Waals surface area (Å²) < 4.78 is 5.35. The van der Waals surface area contributed by atoms with Gasteiger partial charge in [-0.25, -0.2) is 0 Å². The van der Waals surface area contributed by atoms with Gasteiger partial charge in [-0.3, -0.25) is 4.90 Å². The molecule has 0 saturated heterocycles. The van der Waals surface area contributed by atoms with Gasteiger partial charge in [0.25, 0.3) is 0 Å². The topological polar surface area (TPSA) is 40.2 Å². The normalized spacial score (nSPS) is 10.2. The molecule has 1 aromatic rings. The highest BCUT2D eigenvalue weighted by molar-refractivity contribution is 5.05. The Morgan fingerprint density at radius 2 is 2.33 bits per heavy atom. The highest BCUT2D eigenvalue weighted by atomic mass is 16.3. The summed E-state index contributed by atoms with van der Waals surface area (Å²) in [5, 5.41) is 8.40. The first-order valence-corrected chi connectivity index (χ1v) is 3.83. The monoisotopic (exact) mass is 164 g/mol. The second-order valence-corrected chi connectivity index (χ2v) is 2.84. The van der Waals surface area contributed by atoms with Crippen molar-refractivity contribution in [3.63, 3.8) is 0 Å². The van der Waals surface area contributed by atoms with E-state index in [0.29, 0.717) is 13.1 Å². The molecule has 3 heteroatoms. The molecule has 0 saturated carbocycles. The first kappa shape index (κ1) is 8.82. The molecule has 0 amide bonds. The summed E-state index contributed by atoms with van der Waals surface area (Å²) in [6.07, 6.45) is 0. The molecule has 0 atom stereocenters. The summed E-state index contributed by atoms with van der Waals surface area (Å²) in [5.74, 6) is 1.82. The van der Waals surface area contributed by atoms with Crippen molar-refractivity contribution in [1.82, 2.24) is 4.90 Å². The standard InChI is InChI=1S/C9H12N2O/c1-8-3-4-9(12-8)7-11(2)6-5-10/h3-4H,6-7H2,1-2H3. The summed E-state index contributed by atoms with van der Waals surface area (Å²) >= 11 is 0. The maximum Gasteiger partial charge on any atom is 0.118 e. The Kier molecular flexibility index (Phi) is 2.89. The third kappa shape index (κ3) is 2.40. The van der Waals surface area contributed by atoms with Crippen LogP contribution in [0.1, 0.15) is 11.5 Å². The van der Waals surface area contributed by atoms with Gasteiger partial charge in [0.2, 0.25) is 0 Å². The van der Waals surface area contributed by atoms with Crippen molar-refractivity contribution in [2.45, 2.75) is 13.5 Å². The van der Waals surface area contributed by atoms with Crippen molar-refractivity contribution in [2.75, 3.05) is 13.6 Å². The van der Waals surface area contributed by atoms with E-state index in [9.17, 15) is 0 Å². The summed E-state index contributed by atoms with van der Waals surface area (Å²) in [7, 11) is 1.89. The van der Waals surface area contributed by atoms with Crippen molar-refractivity contribution in [2.24, 2.45) is 0 Å². The van der Waals surface area contributed by atoms with Crippen LogP contribution in [0.4, 0.5) is 0 Å². The zero-order valence-corrected chi connectivity index (χ0v) is 7.37. The van der Waals surface area contributed by atoms with Crippen LogP contribution in [0.3, 0.4) is 0 Å². The third-order valence-corrected chi connectivity index (χ3v) is 1.56. The largest absolute Gasteiger partial charge is 0.465 e. The molecule has 0 aromatic carbocycles. The molecule has 1 rings (SSSR count). The zero-order valence-electron chi connectivity index (χ0n) is 7.37. The van der Waals surface area contributed by atoms with Gasteiger partial charge >= 0.3 is 0 Å². The number of rotatable bonds is 3. The highest BCUT2D eigenvalue weighted by Gasteiger charge is 2.02. The lowest BCUT2D eigenvalue weighted by molar-refractivity contribution is 0.321. The minimum atomic E-state index is 0.430. The molecule has 0 fully saturated rings. The molecule has 0 radical (unpaired) electrons. The molecule has 64 valence electrons. The van der Waals surface area contributed by atoms with E-state index in [2.05, 4.69) is 6.07 Å². The number of hydrogen-bond acceptors (Lipinski definition) is 3. The molecule has 3 nitrogen and oxygen atoms in total. The van der Waals surface area contributed by atoms with Gasteiger partial charge in [0, 0.05) is 0 Å². The molecule has 0 aliphatic carbocycles. The first-order chi connectivity index (χ1) is 5.72. The maximum atomic E-state index is 8.40. The molecule has 0 aliphatic heterocycles. The number of nitriles is 1. The Balaban J connectivity index is 2.47. The molecular weight excluding hydrogens is 152 g/mol. The van der Waals surface area contributed by atoms with Crippen molar-refractivity contribution >= 4 is 0 Å². The Hall–Kier alpha value is -1.27. The lowest BCUT2D eigenvalue weighted by Gasteiger charge is -2.08. The smallest absolute Gasteiger partial charge is 0.118 e. The lowest BCUT2D eigenvalue weighted by Crippen LogP contribution is -2.17. The van der Waals surface area contributed by atoms with Crippen LogP contribution in [0.5, 0.6) is 0 Å². The van der Waals surface area contributed by atoms with Crippen LogP contribution >= 0.6 is 0 Å². The fraction of sp³-hybridized carbons (Fsp3) is 0.444. The van der Waals surface area contributed by atoms with Crippen LogP contribution in [0.25, 0.3) is 0 Å². The Bertz CT molecular complexity index is 285. The maximum absolute atomic E-state index is 8.40. The quantitative estimate of drug-likeness (QED) is 0.636. The molecule has 1 aromatic heterocycles. The van der Waals surface area contributed by atoms with Gasteiger partial charge in [0.1, 0.15) is 11.5 Å². The second-order valence-electron chi connectivity index (χ2n) is 2.84. The molecular formula is C9H12N2O. The fourth-order valence-corrected chi connectivity index (χ4v) is 1.01. The molecule has 0 spiro atoms. The number of hydrogen-bond donors (Lipinski definition) is 0. The lowest BCUT2D eigenvalue weighted by atomic mass is 10.4. The zero-order chi connectivity index (χ0) is 8.97. The number of nitrogens with zero attached hydrogens (tertiary/aromatic N) is 2. The van der Waals surface area contributed by atoms with Crippen LogP contribution in [0.15, 0.2) is 16.5 Å². The van der Waals surface area contributed by atoms with Crippen LogP contribution in [-0.4, -0.2) is 18.5 Å². The van der Waals surface area contributed by atoms with Gasteiger partial charge in [0.05, 0.1) is 19.2 Å². The SMILES string of the molecule is Cc1ccc(CN(C)CC#N)o1. The molecule has 1 heterocycles. The van der Waals surface area contributed by atoms with Crippen LogP contribution in [-0.2, 0) is 6.54 Å². The van der Waals surface area contributed by atoms with Crippen LogP contribution in [0.2, 0.25) is 0 Å². The van der Waals surface area contributed by atoms with E-state index in [1.165, 1.54) is 0 Å². The average molecular weight is 164 g/mol. The van der Waals surface area contributed by atoms with Crippen LogP contribution < -0.4 is 0 Å². The first-order valence-electron chi connectivity index (χ1n) is 3.83. The van der Waals surface area contributed by atoms with E-state index in [0.717, 1.165) is 11.5 Å². The second kappa shape index (κ2) is 3.93. The van der Waals surface area contributed by atoms with Gasteiger partial charge in [-0.2, -0.15) is 5.26 Å². The van der Waals surface area contributed by atoms with E-state index in [1.54, 1.807) is 0 Å². The van der Waals surface area contributed by atoms with E-state index in [1.807, 2.05) is 31.0 Å². The fourth-order valence-electron chi connectivity index (χ4n) is 1.01. The van der Waals surface area contributed by atoms with Gasteiger partial charge in [-0.1, -0.05) is 0 Å².